The van der Waals surface area contributed by atoms with Crippen LogP contribution in [-0.2, 0) is 4.79 Å². The summed E-state index contributed by atoms with van der Waals surface area (Å²) in [4.78, 5) is 13.0. The van der Waals surface area contributed by atoms with Crippen LogP contribution in [-0.4, -0.2) is 22.2 Å². The molecule has 1 rings (SSSR count). The Morgan fingerprint density at radius 3 is 2.77 bits per heavy atom. The highest BCUT2D eigenvalue weighted by Gasteiger charge is 2.23. The van der Waals surface area contributed by atoms with E-state index in [1.165, 1.54) is 0 Å². The van der Waals surface area contributed by atoms with Gasteiger partial charge in [0.05, 0.1) is 0 Å². The summed E-state index contributed by atoms with van der Waals surface area (Å²) in [6.45, 7) is 4.08. The Hall–Kier alpha value is -0.900. The molecule has 0 aromatic carbocycles. The molecule has 1 aliphatic rings. The maximum atomic E-state index is 11.0. The molecular formula is C9H14N2OS. The van der Waals surface area contributed by atoms with E-state index >= 15 is 0 Å². The molecule has 1 unspecified atom stereocenters. The Bertz CT molecular complexity index is 271. The minimum Gasteiger partial charge on any atom is -0.366 e. The van der Waals surface area contributed by atoms with Gasteiger partial charge < -0.3 is 10.6 Å². The molecule has 0 bridgehead atoms. The van der Waals surface area contributed by atoms with Crippen LogP contribution in [0.5, 0.6) is 0 Å². The van der Waals surface area contributed by atoms with Crippen molar-refractivity contribution in [1.29, 1.82) is 0 Å². The summed E-state index contributed by atoms with van der Waals surface area (Å²) in [6, 6.07) is 0.307. The predicted octanol–water partition coefficient (Wildman–Crippen LogP) is 0.892. The molecule has 0 aromatic rings. The fourth-order valence-electron chi connectivity index (χ4n) is 1.24. The molecular weight excluding hydrogens is 184 g/mol. The first-order valence-electron chi connectivity index (χ1n) is 4.17. The van der Waals surface area contributed by atoms with Gasteiger partial charge in [0.1, 0.15) is 5.37 Å². The van der Waals surface area contributed by atoms with Crippen molar-refractivity contribution in [1.82, 2.24) is 4.90 Å². The second kappa shape index (κ2) is 3.87. The lowest BCUT2D eigenvalue weighted by atomic mass is 10.1. The summed E-state index contributed by atoms with van der Waals surface area (Å²) in [5.41, 5.74) is 5.74. The van der Waals surface area contributed by atoms with Gasteiger partial charge in [0.15, 0.2) is 0 Å². The van der Waals surface area contributed by atoms with Crippen LogP contribution < -0.4 is 5.73 Å². The average molecular weight is 198 g/mol. The van der Waals surface area contributed by atoms with Gasteiger partial charge in [0.2, 0.25) is 5.91 Å². The Labute approximate surface area is 83.7 Å². The van der Waals surface area contributed by atoms with E-state index in [0.717, 1.165) is 0 Å². The zero-order chi connectivity index (χ0) is 10.0. The summed E-state index contributed by atoms with van der Waals surface area (Å²) in [7, 11) is 0. The quantitative estimate of drug-likeness (QED) is 0.647. The van der Waals surface area contributed by atoms with Crippen LogP contribution in [0.25, 0.3) is 0 Å². The van der Waals surface area contributed by atoms with Crippen molar-refractivity contribution in [2.24, 2.45) is 5.73 Å². The Kier molecular flexibility index (Phi) is 3.03. The van der Waals surface area contributed by atoms with Crippen molar-refractivity contribution in [3.8, 4) is 0 Å². The number of carbonyl (C=O) groups excluding carboxylic acids is 1. The second-order valence-corrected chi connectivity index (χ2v) is 3.73. The van der Waals surface area contributed by atoms with Crippen LogP contribution in [0.15, 0.2) is 23.9 Å². The fraction of sp³-hybridized carbons (Fsp3) is 0.444. The molecule has 13 heavy (non-hydrogen) atoms. The Morgan fingerprint density at radius 1 is 1.69 bits per heavy atom. The predicted molar refractivity (Wildman–Crippen MR) is 56.2 cm³/mol. The first-order valence-corrected chi connectivity index (χ1v) is 4.69. The van der Waals surface area contributed by atoms with Crippen LogP contribution in [0.1, 0.15) is 13.8 Å². The zero-order valence-corrected chi connectivity index (χ0v) is 8.66. The third kappa shape index (κ3) is 2.06. The second-order valence-electron chi connectivity index (χ2n) is 3.24. The fourth-order valence-corrected chi connectivity index (χ4v) is 1.80. The van der Waals surface area contributed by atoms with E-state index in [4.69, 9.17) is 5.73 Å². The van der Waals surface area contributed by atoms with Crippen molar-refractivity contribution >= 4 is 18.5 Å². The average Bonchev–Trinajstić information content (AvgIpc) is 2.03. The molecule has 2 N–H and O–H groups in total. The highest BCUT2D eigenvalue weighted by molar-refractivity contribution is 7.81. The molecule has 1 amide bonds. The van der Waals surface area contributed by atoms with E-state index in [-0.39, 0.29) is 5.37 Å². The molecule has 0 saturated heterocycles. The van der Waals surface area contributed by atoms with Crippen LogP contribution in [0.3, 0.4) is 0 Å². The first kappa shape index (κ1) is 10.2. The van der Waals surface area contributed by atoms with Crippen LogP contribution >= 0.6 is 12.6 Å². The molecule has 1 heterocycles. The van der Waals surface area contributed by atoms with Gasteiger partial charge >= 0.3 is 0 Å². The van der Waals surface area contributed by atoms with Gasteiger partial charge in [-0.25, -0.2) is 0 Å². The lowest BCUT2D eigenvalue weighted by Crippen LogP contribution is -2.38. The largest absolute Gasteiger partial charge is 0.366 e. The normalized spacial score (nSPS) is 22.0. The number of primary amides is 1. The summed E-state index contributed by atoms with van der Waals surface area (Å²) >= 11 is 4.34. The van der Waals surface area contributed by atoms with E-state index < -0.39 is 5.91 Å². The van der Waals surface area contributed by atoms with Gasteiger partial charge in [-0.2, -0.15) is 0 Å². The molecule has 72 valence electrons. The number of nitrogens with two attached hydrogens (primary N) is 1. The van der Waals surface area contributed by atoms with Gasteiger partial charge in [-0.15, -0.1) is 12.6 Å². The number of allylic oxidation sites excluding steroid dienone is 2. The third-order valence-electron chi connectivity index (χ3n) is 1.98. The van der Waals surface area contributed by atoms with Crippen molar-refractivity contribution in [3.63, 3.8) is 0 Å². The van der Waals surface area contributed by atoms with Gasteiger partial charge in [0.25, 0.3) is 0 Å². The van der Waals surface area contributed by atoms with Crippen molar-refractivity contribution in [2.75, 3.05) is 0 Å². The molecule has 0 aliphatic carbocycles. The number of nitrogens with zero attached hydrogens (tertiary/aromatic N) is 1. The highest BCUT2D eigenvalue weighted by Crippen LogP contribution is 2.21. The van der Waals surface area contributed by atoms with Crippen molar-refractivity contribution < 1.29 is 4.79 Å². The molecule has 1 atom stereocenters. The first-order chi connectivity index (χ1) is 6.04. The Morgan fingerprint density at radius 2 is 2.31 bits per heavy atom. The number of hydrogen-bond acceptors (Lipinski definition) is 3. The van der Waals surface area contributed by atoms with Crippen LogP contribution in [0.4, 0.5) is 0 Å². The molecule has 0 spiro atoms. The minimum absolute atomic E-state index is 0.220. The lowest BCUT2D eigenvalue weighted by molar-refractivity contribution is -0.114. The topological polar surface area (TPSA) is 46.3 Å². The summed E-state index contributed by atoms with van der Waals surface area (Å²) in [6.07, 6.45) is 5.43. The molecule has 0 aromatic heterocycles. The summed E-state index contributed by atoms with van der Waals surface area (Å²) < 4.78 is 0. The Balaban J connectivity index is 2.86. The van der Waals surface area contributed by atoms with Gasteiger partial charge in [-0.1, -0.05) is 0 Å². The third-order valence-corrected chi connectivity index (χ3v) is 2.52. The van der Waals surface area contributed by atoms with Crippen LogP contribution in [0, 0.1) is 0 Å². The van der Waals surface area contributed by atoms with Crippen molar-refractivity contribution in [3.05, 3.63) is 23.9 Å². The standard InChI is InChI=1S/C9H14N2OS/c1-6(2)11-5-3-4-7(8(10)12)9(11)13/h3-6,9,13H,1-2H3,(H2,10,12). The molecule has 1 aliphatic heterocycles. The number of thiol groups is 1. The van der Waals surface area contributed by atoms with Crippen molar-refractivity contribution in [2.45, 2.75) is 25.3 Å². The molecule has 0 radical (unpaired) electrons. The lowest BCUT2D eigenvalue weighted by Gasteiger charge is -2.33. The highest BCUT2D eigenvalue weighted by atomic mass is 32.1. The summed E-state index contributed by atoms with van der Waals surface area (Å²) in [5, 5.41) is -0.220. The molecule has 3 nitrogen and oxygen atoms in total. The summed E-state index contributed by atoms with van der Waals surface area (Å²) in [5.74, 6) is -0.407. The monoisotopic (exact) mass is 198 g/mol. The minimum atomic E-state index is -0.407. The smallest absolute Gasteiger partial charge is 0.247 e. The SMILES string of the molecule is CC(C)N1C=CC=C(C(N)=O)C1S. The molecule has 4 heteroatoms. The number of amides is 1. The van der Waals surface area contributed by atoms with Gasteiger partial charge in [-0.05, 0) is 26.0 Å². The van der Waals surface area contributed by atoms with Crippen LogP contribution in [0.2, 0.25) is 0 Å². The maximum Gasteiger partial charge on any atom is 0.247 e. The number of hydrogen-bond donors (Lipinski definition) is 2. The van der Waals surface area contributed by atoms with E-state index in [2.05, 4.69) is 12.6 Å². The number of rotatable bonds is 2. The van der Waals surface area contributed by atoms with E-state index in [1.54, 1.807) is 6.08 Å². The van der Waals surface area contributed by atoms with E-state index in [9.17, 15) is 4.79 Å². The van der Waals surface area contributed by atoms with E-state index in [1.807, 2.05) is 31.0 Å². The maximum absolute atomic E-state index is 11.0. The zero-order valence-electron chi connectivity index (χ0n) is 7.77. The number of carbonyl (C=O) groups is 1. The van der Waals surface area contributed by atoms with Gasteiger partial charge in [0, 0.05) is 17.8 Å². The van der Waals surface area contributed by atoms with Gasteiger partial charge in [-0.3, -0.25) is 4.79 Å². The van der Waals surface area contributed by atoms with E-state index in [0.29, 0.717) is 11.6 Å². The molecule has 0 saturated carbocycles. The molecule has 0 fully saturated rings.